The summed E-state index contributed by atoms with van der Waals surface area (Å²) in [6, 6.07) is 17.8. The van der Waals surface area contributed by atoms with Gasteiger partial charge in [-0.25, -0.2) is 9.97 Å². The van der Waals surface area contributed by atoms with E-state index < -0.39 is 0 Å². The van der Waals surface area contributed by atoms with E-state index in [0.717, 1.165) is 27.5 Å². The molecule has 0 unspecified atom stereocenters. The number of nitrogens with zero attached hydrogens (tertiary/aromatic N) is 2. The number of nitrogens with one attached hydrogen (secondary N) is 1. The lowest BCUT2D eigenvalue weighted by atomic mass is 10.1. The van der Waals surface area contributed by atoms with Crippen LogP contribution < -0.4 is 5.32 Å². The predicted molar refractivity (Wildman–Crippen MR) is 111 cm³/mol. The third-order valence-electron chi connectivity index (χ3n) is 3.97. The standard InChI is InChI=1S/C20H15Cl2N3S/c1-12-10-14-19(23-16-9-5-8-15(21)18(16)22)24-17(25-20(14)26-12)11-13-6-3-2-4-7-13/h2-10H,11H2,1H3,(H,23,24,25). The van der Waals surface area contributed by atoms with Crippen LogP contribution in [0.4, 0.5) is 11.5 Å². The van der Waals surface area contributed by atoms with Gasteiger partial charge in [-0.2, -0.15) is 0 Å². The van der Waals surface area contributed by atoms with Crippen molar-refractivity contribution in [2.45, 2.75) is 13.3 Å². The molecule has 130 valence electrons. The van der Waals surface area contributed by atoms with E-state index in [1.54, 1.807) is 17.4 Å². The second kappa shape index (κ2) is 7.23. The van der Waals surface area contributed by atoms with Crippen LogP contribution in [-0.2, 0) is 6.42 Å². The van der Waals surface area contributed by atoms with Crippen LogP contribution in [0.3, 0.4) is 0 Å². The zero-order chi connectivity index (χ0) is 18.1. The van der Waals surface area contributed by atoms with Gasteiger partial charge in [-0.05, 0) is 30.7 Å². The summed E-state index contributed by atoms with van der Waals surface area (Å²) in [4.78, 5) is 11.6. The lowest BCUT2D eigenvalue weighted by molar-refractivity contribution is 1.000. The highest BCUT2D eigenvalue weighted by atomic mass is 35.5. The average molecular weight is 400 g/mol. The highest BCUT2D eigenvalue weighted by Crippen LogP contribution is 2.35. The molecule has 0 aliphatic carbocycles. The quantitative estimate of drug-likeness (QED) is 0.417. The summed E-state index contributed by atoms with van der Waals surface area (Å²) in [5, 5.41) is 5.31. The van der Waals surface area contributed by atoms with Gasteiger partial charge in [-0.3, -0.25) is 0 Å². The third kappa shape index (κ3) is 3.54. The Bertz CT molecular complexity index is 1080. The van der Waals surface area contributed by atoms with Crippen molar-refractivity contribution in [1.29, 1.82) is 0 Å². The van der Waals surface area contributed by atoms with Crippen molar-refractivity contribution < 1.29 is 0 Å². The van der Waals surface area contributed by atoms with Crippen molar-refractivity contribution in [3.8, 4) is 0 Å². The van der Waals surface area contributed by atoms with Crippen LogP contribution >= 0.6 is 34.5 Å². The van der Waals surface area contributed by atoms with Crippen molar-refractivity contribution >= 4 is 56.3 Å². The number of rotatable bonds is 4. The van der Waals surface area contributed by atoms with Gasteiger partial charge in [0.15, 0.2) is 0 Å². The normalized spacial score (nSPS) is 11.0. The lowest BCUT2D eigenvalue weighted by Gasteiger charge is -2.11. The Morgan fingerprint density at radius 3 is 2.62 bits per heavy atom. The predicted octanol–water partition coefficient (Wildman–Crippen LogP) is 6.64. The molecule has 26 heavy (non-hydrogen) atoms. The van der Waals surface area contributed by atoms with Crippen LogP contribution in [0.5, 0.6) is 0 Å². The van der Waals surface area contributed by atoms with E-state index >= 15 is 0 Å². The lowest BCUT2D eigenvalue weighted by Crippen LogP contribution is -2.02. The van der Waals surface area contributed by atoms with Gasteiger partial charge in [-0.1, -0.05) is 59.6 Å². The number of hydrogen-bond donors (Lipinski definition) is 1. The van der Waals surface area contributed by atoms with Crippen molar-refractivity contribution in [2.75, 3.05) is 5.32 Å². The first-order chi connectivity index (χ1) is 12.6. The summed E-state index contributed by atoms with van der Waals surface area (Å²) in [7, 11) is 0. The summed E-state index contributed by atoms with van der Waals surface area (Å²) >= 11 is 14.1. The molecule has 0 amide bonds. The van der Waals surface area contributed by atoms with E-state index in [1.165, 1.54) is 10.4 Å². The molecular weight excluding hydrogens is 385 g/mol. The highest BCUT2D eigenvalue weighted by molar-refractivity contribution is 7.18. The van der Waals surface area contributed by atoms with Crippen LogP contribution in [0.15, 0.2) is 54.6 Å². The van der Waals surface area contributed by atoms with Crippen molar-refractivity contribution in [3.05, 3.63) is 80.9 Å². The third-order valence-corrected chi connectivity index (χ3v) is 5.74. The Hall–Kier alpha value is -2.14. The van der Waals surface area contributed by atoms with Gasteiger partial charge < -0.3 is 5.32 Å². The Morgan fingerprint density at radius 1 is 1.00 bits per heavy atom. The molecule has 0 atom stereocenters. The molecule has 0 radical (unpaired) electrons. The molecule has 0 spiro atoms. The van der Waals surface area contributed by atoms with E-state index in [4.69, 9.17) is 33.2 Å². The summed E-state index contributed by atoms with van der Waals surface area (Å²) in [6.45, 7) is 2.07. The highest BCUT2D eigenvalue weighted by Gasteiger charge is 2.13. The van der Waals surface area contributed by atoms with E-state index in [-0.39, 0.29) is 0 Å². The molecule has 1 N–H and O–H groups in total. The Morgan fingerprint density at radius 2 is 1.81 bits per heavy atom. The van der Waals surface area contributed by atoms with Gasteiger partial charge in [-0.15, -0.1) is 11.3 Å². The SMILES string of the molecule is Cc1cc2c(Nc3cccc(Cl)c3Cl)nc(Cc3ccccc3)nc2s1. The van der Waals surface area contributed by atoms with Crippen LogP contribution in [-0.4, -0.2) is 9.97 Å². The molecule has 0 aliphatic rings. The summed E-state index contributed by atoms with van der Waals surface area (Å²) < 4.78 is 0. The van der Waals surface area contributed by atoms with E-state index in [0.29, 0.717) is 16.5 Å². The Balaban J connectivity index is 1.78. The maximum Gasteiger partial charge on any atom is 0.142 e. The van der Waals surface area contributed by atoms with Crippen molar-refractivity contribution in [3.63, 3.8) is 0 Å². The number of benzene rings is 2. The fourth-order valence-electron chi connectivity index (χ4n) is 2.77. The number of aryl methyl sites for hydroxylation is 1. The first-order valence-corrected chi connectivity index (χ1v) is 9.69. The minimum Gasteiger partial charge on any atom is -0.338 e. The molecule has 0 fully saturated rings. The van der Waals surface area contributed by atoms with Gasteiger partial charge in [0.25, 0.3) is 0 Å². The van der Waals surface area contributed by atoms with Crippen LogP contribution in [0.25, 0.3) is 10.2 Å². The molecule has 0 saturated carbocycles. The van der Waals surface area contributed by atoms with Gasteiger partial charge in [0, 0.05) is 11.3 Å². The first-order valence-electron chi connectivity index (χ1n) is 8.12. The minimum absolute atomic E-state index is 0.484. The zero-order valence-electron chi connectivity index (χ0n) is 14.0. The van der Waals surface area contributed by atoms with Gasteiger partial charge in [0.05, 0.1) is 21.1 Å². The number of anilines is 2. The fraction of sp³-hybridized carbons (Fsp3) is 0.100. The van der Waals surface area contributed by atoms with Crippen LogP contribution in [0, 0.1) is 6.92 Å². The maximum atomic E-state index is 6.33. The number of aromatic nitrogens is 2. The van der Waals surface area contributed by atoms with Crippen molar-refractivity contribution in [1.82, 2.24) is 9.97 Å². The van der Waals surface area contributed by atoms with Crippen molar-refractivity contribution in [2.24, 2.45) is 0 Å². The molecule has 3 nitrogen and oxygen atoms in total. The Labute approximate surface area is 165 Å². The second-order valence-corrected chi connectivity index (χ2v) is 7.97. The van der Waals surface area contributed by atoms with Gasteiger partial charge in [0.2, 0.25) is 0 Å². The van der Waals surface area contributed by atoms with Crippen LogP contribution in [0.1, 0.15) is 16.3 Å². The second-order valence-electron chi connectivity index (χ2n) is 5.95. The molecule has 2 aromatic heterocycles. The first kappa shape index (κ1) is 17.3. The van der Waals surface area contributed by atoms with Gasteiger partial charge >= 0.3 is 0 Å². The number of halogens is 2. The average Bonchev–Trinajstić information content (AvgIpc) is 3.00. The number of hydrogen-bond acceptors (Lipinski definition) is 4. The molecule has 6 heteroatoms. The summed E-state index contributed by atoms with van der Waals surface area (Å²) in [5.74, 6) is 1.51. The van der Waals surface area contributed by atoms with Gasteiger partial charge in [0.1, 0.15) is 16.5 Å². The molecule has 4 rings (SSSR count). The topological polar surface area (TPSA) is 37.8 Å². The number of fused-ring (bicyclic) bond motifs is 1. The fourth-order valence-corrected chi connectivity index (χ4v) is 4.01. The molecule has 0 aliphatic heterocycles. The molecule has 2 aromatic carbocycles. The van der Waals surface area contributed by atoms with E-state index in [2.05, 4.69) is 30.4 Å². The van der Waals surface area contributed by atoms with Crippen LogP contribution in [0.2, 0.25) is 10.0 Å². The summed E-state index contributed by atoms with van der Waals surface area (Å²) in [6.07, 6.45) is 0.672. The van der Waals surface area contributed by atoms with E-state index in [1.807, 2.05) is 30.3 Å². The molecular formula is C20H15Cl2N3S. The largest absolute Gasteiger partial charge is 0.338 e. The molecule has 4 aromatic rings. The smallest absolute Gasteiger partial charge is 0.142 e. The molecule has 0 bridgehead atoms. The molecule has 0 saturated heterocycles. The Kier molecular flexibility index (Phi) is 4.81. The van der Waals surface area contributed by atoms with E-state index in [9.17, 15) is 0 Å². The number of thiophene rings is 1. The zero-order valence-corrected chi connectivity index (χ0v) is 16.3. The molecule has 2 heterocycles. The minimum atomic E-state index is 0.484. The monoisotopic (exact) mass is 399 g/mol. The summed E-state index contributed by atoms with van der Waals surface area (Å²) in [5.41, 5.74) is 1.90. The maximum absolute atomic E-state index is 6.33.